The van der Waals surface area contributed by atoms with Gasteiger partial charge in [-0.3, -0.25) is 9.79 Å². The zero-order valence-corrected chi connectivity index (χ0v) is 16.4. The fourth-order valence-electron chi connectivity index (χ4n) is 3.20. The average molecular weight is 362 g/mol. The first-order valence-corrected chi connectivity index (χ1v) is 9.49. The van der Waals surface area contributed by atoms with Crippen LogP contribution in [-0.4, -0.2) is 61.4 Å². The molecule has 0 radical (unpaired) electrons. The molecule has 0 atom stereocenters. The van der Waals surface area contributed by atoms with E-state index in [9.17, 15) is 9.18 Å². The number of hydrogen-bond acceptors (Lipinski definition) is 2. The minimum atomic E-state index is -0.199. The lowest BCUT2D eigenvalue weighted by Crippen LogP contribution is -2.46. The Labute approximate surface area is 156 Å². The van der Waals surface area contributed by atoms with Crippen molar-refractivity contribution in [1.29, 1.82) is 0 Å². The van der Waals surface area contributed by atoms with Crippen LogP contribution in [0.1, 0.15) is 39.2 Å². The van der Waals surface area contributed by atoms with Crippen LogP contribution < -0.4 is 5.32 Å². The Hall–Kier alpha value is -2.11. The van der Waals surface area contributed by atoms with Crippen molar-refractivity contribution in [3.8, 4) is 0 Å². The maximum atomic E-state index is 14.2. The fraction of sp³-hybridized carbons (Fsp3) is 0.600. The van der Waals surface area contributed by atoms with Gasteiger partial charge in [-0.15, -0.1) is 0 Å². The van der Waals surface area contributed by atoms with E-state index in [0.717, 1.165) is 24.9 Å². The molecule has 0 unspecified atom stereocenters. The number of likely N-dealkylation sites (N-methyl/N-ethyl adjacent to an activating group) is 2. The summed E-state index contributed by atoms with van der Waals surface area (Å²) in [5.74, 6) is 0.615. The molecule has 1 amide bonds. The standard InChI is InChI=1S/C20H31FN4O/c1-5-22-19(24(4)14-18(26)25(6-2)7-3)23-15-20(12-13-20)16-10-8-9-11-17(16)21/h8-11H,5-7,12-15H2,1-4H3,(H,22,23). The number of rotatable bonds is 8. The van der Waals surface area contributed by atoms with Crippen LogP contribution in [-0.2, 0) is 10.2 Å². The van der Waals surface area contributed by atoms with E-state index >= 15 is 0 Å². The summed E-state index contributed by atoms with van der Waals surface area (Å²) in [7, 11) is 1.87. The first-order chi connectivity index (χ1) is 12.5. The quantitative estimate of drug-likeness (QED) is 0.571. The van der Waals surface area contributed by atoms with E-state index in [0.29, 0.717) is 25.6 Å². The molecule has 6 heteroatoms. The Morgan fingerprint density at radius 2 is 1.88 bits per heavy atom. The molecule has 1 aromatic rings. The lowest BCUT2D eigenvalue weighted by molar-refractivity contribution is -0.131. The third kappa shape index (κ3) is 4.74. The van der Waals surface area contributed by atoms with Gasteiger partial charge in [-0.1, -0.05) is 18.2 Å². The predicted octanol–water partition coefficient (Wildman–Crippen LogP) is 2.62. The number of halogens is 1. The molecule has 1 fully saturated rings. The van der Waals surface area contributed by atoms with E-state index in [1.54, 1.807) is 6.07 Å². The van der Waals surface area contributed by atoms with Gasteiger partial charge in [0.1, 0.15) is 5.82 Å². The fourth-order valence-corrected chi connectivity index (χ4v) is 3.20. The molecule has 1 saturated carbocycles. The second kappa shape index (κ2) is 9.01. The maximum absolute atomic E-state index is 14.2. The van der Waals surface area contributed by atoms with Crippen molar-refractivity contribution in [2.24, 2.45) is 4.99 Å². The number of benzene rings is 1. The average Bonchev–Trinajstić information content (AvgIpc) is 3.40. The number of nitrogens with zero attached hydrogens (tertiary/aromatic N) is 3. The van der Waals surface area contributed by atoms with E-state index in [1.807, 2.05) is 49.8 Å². The summed E-state index contributed by atoms with van der Waals surface area (Å²) < 4.78 is 14.2. The third-order valence-electron chi connectivity index (χ3n) is 5.02. The third-order valence-corrected chi connectivity index (χ3v) is 5.02. The summed E-state index contributed by atoms with van der Waals surface area (Å²) in [4.78, 5) is 20.7. The zero-order chi connectivity index (χ0) is 19.2. The van der Waals surface area contributed by atoms with Gasteiger partial charge in [-0.25, -0.2) is 4.39 Å². The van der Waals surface area contributed by atoms with Gasteiger partial charge in [-0.05, 0) is 45.2 Å². The molecule has 26 heavy (non-hydrogen) atoms. The molecule has 144 valence electrons. The topological polar surface area (TPSA) is 47.9 Å². The summed E-state index contributed by atoms with van der Waals surface area (Å²) >= 11 is 0. The van der Waals surface area contributed by atoms with Crippen molar-refractivity contribution in [3.05, 3.63) is 35.6 Å². The van der Waals surface area contributed by atoms with E-state index < -0.39 is 0 Å². The lowest BCUT2D eigenvalue weighted by Gasteiger charge is -2.26. The van der Waals surface area contributed by atoms with Gasteiger partial charge >= 0.3 is 0 Å². The van der Waals surface area contributed by atoms with E-state index in [4.69, 9.17) is 4.99 Å². The van der Waals surface area contributed by atoms with Crippen molar-refractivity contribution in [2.45, 2.75) is 39.0 Å². The first kappa shape index (κ1) is 20.2. The Morgan fingerprint density at radius 3 is 2.42 bits per heavy atom. The van der Waals surface area contributed by atoms with Crippen LogP contribution in [0, 0.1) is 5.82 Å². The van der Waals surface area contributed by atoms with E-state index in [2.05, 4.69) is 5.32 Å². The van der Waals surface area contributed by atoms with Crippen molar-refractivity contribution in [3.63, 3.8) is 0 Å². The highest BCUT2D eigenvalue weighted by atomic mass is 19.1. The number of aliphatic imine (C=N–C) groups is 1. The molecule has 2 rings (SSSR count). The molecule has 0 heterocycles. The number of guanidine groups is 1. The summed E-state index contributed by atoms with van der Waals surface area (Å²) in [6.07, 6.45) is 1.89. The summed E-state index contributed by atoms with van der Waals surface area (Å²) in [6, 6.07) is 6.97. The van der Waals surface area contributed by atoms with Crippen LogP contribution in [0.2, 0.25) is 0 Å². The van der Waals surface area contributed by atoms with E-state index in [-0.39, 0.29) is 23.7 Å². The molecule has 0 saturated heterocycles. The van der Waals surface area contributed by atoms with Gasteiger partial charge in [0, 0.05) is 32.1 Å². The van der Waals surface area contributed by atoms with Crippen molar-refractivity contribution in [1.82, 2.24) is 15.1 Å². The summed E-state index contributed by atoms with van der Waals surface area (Å²) in [5, 5.41) is 3.24. The Kier molecular flexibility index (Phi) is 7.00. The SMILES string of the molecule is CCNC(=NCC1(c2ccccc2F)CC1)N(C)CC(=O)N(CC)CC. The van der Waals surface area contributed by atoms with Crippen LogP contribution in [0.5, 0.6) is 0 Å². The summed E-state index contributed by atoms with van der Waals surface area (Å²) in [5.41, 5.74) is 0.553. The van der Waals surface area contributed by atoms with Gasteiger partial charge in [0.25, 0.3) is 0 Å². The number of hydrogen-bond donors (Lipinski definition) is 1. The smallest absolute Gasteiger partial charge is 0.242 e. The Morgan fingerprint density at radius 1 is 1.23 bits per heavy atom. The highest BCUT2D eigenvalue weighted by molar-refractivity contribution is 5.86. The van der Waals surface area contributed by atoms with Gasteiger partial charge in [0.05, 0.1) is 13.1 Å². The lowest BCUT2D eigenvalue weighted by atomic mass is 9.95. The molecular formula is C20H31FN4O. The molecule has 1 aromatic carbocycles. The molecule has 0 spiro atoms. The Bertz CT molecular complexity index is 638. The maximum Gasteiger partial charge on any atom is 0.242 e. The molecular weight excluding hydrogens is 331 g/mol. The summed E-state index contributed by atoms with van der Waals surface area (Å²) in [6.45, 7) is 8.88. The number of amides is 1. The number of carbonyl (C=O) groups is 1. The van der Waals surface area contributed by atoms with Crippen LogP contribution >= 0.6 is 0 Å². The van der Waals surface area contributed by atoms with Gasteiger partial charge < -0.3 is 15.1 Å². The van der Waals surface area contributed by atoms with E-state index in [1.165, 1.54) is 6.07 Å². The highest BCUT2D eigenvalue weighted by Crippen LogP contribution is 2.49. The highest BCUT2D eigenvalue weighted by Gasteiger charge is 2.45. The minimum Gasteiger partial charge on any atom is -0.357 e. The zero-order valence-electron chi connectivity index (χ0n) is 16.4. The van der Waals surface area contributed by atoms with Crippen molar-refractivity contribution >= 4 is 11.9 Å². The first-order valence-electron chi connectivity index (χ1n) is 9.49. The second-order valence-corrected chi connectivity index (χ2v) is 6.85. The largest absolute Gasteiger partial charge is 0.357 e. The number of carbonyl (C=O) groups excluding carboxylic acids is 1. The van der Waals surface area contributed by atoms with Crippen LogP contribution in [0.3, 0.4) is 0 Å². The minimum absolute atomic E-state index is 0.0818. The Balaban J connectivity index is 2.09. The molecule has 0 aromatic heterocycles. The molecule has 1 aliphatic rings. The van der Waals surface area contributed by atoms with Gasteiger partial charge in [0.2, 0.25) is 5.91 Å². The van der Waals surface area contributed by atoms with Crippen molar-refractivity contribution < 1.29 is 9.18 Å². The predicted molar refractivity (Wildman–Crippen MR) is 104 cm³/mol. The molecule has 0 aliphatic heterocycles. The van der Waals surface area contributed by atoms with Gasteiger partial charge in [0.15, 0.2) is 5.96 Å². The second-order valence-electron chi connectivity index (χ2n) is 6.85. The van der Waals surface area contributed by atoms with Crippen molar-refractivity contribution in [2.75, 3.05) is 39.8 Å². The molecule has 1 aliphatic carbocycles. The normalized spacial score (nSPS) is 15.5. The van der Waals surface area contributed by atoms with Crippen LogP contribution in [0.4, 0.5) is 4.39 Å². The molecule has 0 bridgehead atoms. The van der Waals surface area contributed by atoms with Crippen LogP contribution in [0.15, 0.2) is 29.3 Å². The monoisotopic (exact) mass is 362 g/mol. The number of nitrogens with one attached hydrogen (secondary N) is 1. The molecule has 1 N–H and O–H groups in total. The van der Waals surface area contributed by atoms with Gasteiger partial charge in [-0.2, -0.15) is 0 Å². The molecule has 5 nitrogen and oxygen atoms in total. The van der Waals surface area contributed by atoms with Crippen LogP contribution in [0.25, 0.3) is 0 Å².